The molecule has 0 aliphatic rings. The first kappa shape index (κ1) is 96.5. The van der Waals surface area contributed by atoms with Gasteiger partial charge in [0, 0.05) is 25.7 Å². The number of phosphoric acid groups is 2. The summed E-state index contributed by atoms with van der Waals surface area (Å²) in [5.74, 6) is -2.19. The van der Waals surface area contributed by atoms with Crippen LogP contribution in [0.25, 0.3) is 0 Å². The number of carbonyl (C=O) groups is 4. The molecule has 100 heavy (non-hydrogen) atoms. The van der Waals surface area contributed by atoms with Gasteiger partial charge in [0.25, 0.3) is 0 Å². The van der Waals surface area contributed by atoms with Gasteiger partial charge in [0.05, 0.1) is 26.4 Å². The van der Waals surface area contributed by atoms with Crippen LogP contribution < -0.4 is 0 Å². The van der Waals surface area contributed by atoms with Gasteiger partial charge in [-0.2, -0.15) is 0 Å². The molecule has 3 unspecified atom stereocenters. The largest absolute Gasteiger partial charge is 0.472 e. The van der Waals surface area contributed by atoms with Gasteiger partial charge in [-0.1, -0.05) is 268 Å². The zero-order valence-corrected chi connectivity index (χ0v) is 65.4. The van der Waals surface area contributed by atoms with E-state index in [4.69, 9.17) is 37.0 Å². The maximum absolute atomic E-state index is 13.1. The molecule has 0 amide bonds. The van der Waals surface area contributed by atoms with Gasteiger partial charge in [0.2, 0.25) is 0 Å². The summed E-state index contributed by atoms with van der Waals surface area (Å²) in [5.41, 5.74) is 0. The molecule has 0 rings (SSSR count). The summed E-state index contributed by atoms with van der Waals surface area (Å²) in [6.45, 7) is 4.82. The van der Waals surface area contributed by atoms with Crippen LogP contribution in [0.2, 0.25) is 0 Å². The smallest absolute Gasteiger partial charge is 0.462 e. The number of esters is 4. The van der Waals surface area contributed by atoms with E-state index < -0.39 is 97.5 Å². The maximum atomic E-state index is 13.1. The Hall–Kier alpha value is -3.50. The highest BCUT2D eigenvalue weighted by Crippen LogP contribution is 2.45. The van der Waals surface area contributed by atoms with Gasteiger partial charge in [-0.05, 0) is 141 Å². The Bertz CT molecular complexity index is 2180. The number of ether oxygens (including phenoxy) is 4. The lowest BCUT2D eigenvalue weighted by atomic mass is 10.1. The second-order valence-corrected chi connectivity index (χ2v) is 29.9. The molecule has 0 aromatic rings. The molecule has 0 saturated heterocycles. The predicted octanol–water partition coefficient (Wildman–Crippen LogP) is 23.2. The summed E-state index contributed by atoms with van der Waals surface area (Å²) in [7, 11) is -9.95. The minimum atomic E-state index is -4.98. The van der Waals surface area contributed by atoms with Crippen LogP contribution in [0.4, 0.5) is 0 Å². The minimum absolute atomic E-state index is 0.0781. The average Bonchev–Trinajstić information content (AvgIpc) is 1.01. The van der Waals surface area contributed by atoms with Crippen molar-refractivity contribution >= 4 is 39.5 Å². The maximum Gasteiger partial charge on any atom is 0.472 e. The molecule has 0 aliphatic heterocycles. The summed E-state index contributed by atoms with van der Waals surface area (Å²) in [5, 5.41) is 10.6. The van der Waals surface area contributed by atoms with E-state index in [1.807, 2.05) is 0 Å². The molecule has 0 heterocycles. The van der Waals surface area contributed by atoms with E-state index >= 15 is 0 Å². The Labute approximate surface area is 609 Å². The first-order valence-corrected chi connectivity index (χ1v) is 43.2. The van der Waals surface area contributed by atoms with Gasteiger partial charge in [0.15, 0.2) is 12.2 Å². The predicted molar refractivity (Wildman–Crippen MR) is 409 cm³/mol. The molecule has 0 aliphatic carbocycles. The van der Waals surface area contributed by atoms with Crippen molar-refractivity contribution in [1.82, 2.24) is 0 Å². The number of hydrogen-bond acceptors (Lipinski definition) is 15. The van der Waals surface area contributed by atoms with Crippen LogP contribution >= 0.6 is 15.6 Å². The second kappa shape index (κ2) is 73.8. The Morgan fingerprint density at radius 2 is 0.490 bits per heavy atom. The molecule has 0 aromatic carbocycles. The van der Waals surface area contributed by atoms with Crippen LogP contribution in [0.15, 0.2) is 72.9 Å². The first-order valence-electron chi connectivity index (χ1n) is 40.2. The Morgan fingerprint density at radius 3 is 0.780 bits per heavy atom. The third-order valence-corrected chi connectivity index (χ3v) is 19.0. The third-order valence-electron chi connectivity index (χ3n) is 17.1. The van der Waals surface area contributed by atoms with E-state index in [9.17, 15) is 43.2 Å². The van der Waals surface area contributed by atoms with Crippen LogP contribution in [-0.4, -0.2) is 96.7 Å². The molecule has 17 nitrogen and oxygen atoms in total. The van der Waals surface area contributed by atoms with Crippen molar-refractivity contribution in [3.8, 4) is 0 Å². The summed E-state index contributed by atoms with van der Waals surface area (Å²) >= 11 is 0. The van der Waals surface area contributed by atoms with E-state index in [2.05, 4.69) is 101 Å². The van der Waals surface area contributed by atoms with Crippen molar-refractivity contribution < 1.29 is 80.2 Å². The number of unbranched alkanes of at least 4 members (excludes halogenated alkanes) is 38. The Balaban J connectivity index is 5.36. The SMILES string of the molecule is CCCCC/C=C\C/C=C\CCCCCCCC(=O)OC[C@H](COP(=O)(O)OCC(O)COP(=O)(O)OC[C@@H](COC(=O)CCCCCCC/C=C\CCCCCCCC)OC(=O)CCCCCCCCC/C=C\CCCCCC)OC(=O)CCCCCCC/C=C\C/C=C\CCCCC. The Kier molecular flexibility index (Phi) is 71.2. The van der Waals surface area contributed by atoms with E-state index in [0.717, 1.165) is 180 Å². The van der Waals surface area contributed by atoms with Crippen LogP contribution in [0, 0.1) is 0 Å². The monoisotopic (exact) mass is 1450 g/mol. The van der Waals surface area contributed by atoms with Crippen molar-refractivity contribution in [3.63, 3.8) is 0 Å². The van der Waals surface area contributed by atoms with Crippen LogP contribution in [0.3, 0.4) is 0 Å². The van der Waals surface area contributed by atoms with Gasteiger partial charge in [0.1, 0.15) is 19.3 Å². The van der Waals surface area contributed by atoms with Crippen LogP contribution in [0.1, 0.15) is 362 Å². The van der Waals surface area contributed by atoms with Crippen LogP contribution in [0.5, 0.6) is 0 Å². The molecule has 0 bridgehead atoms. The van der Waals surface area contributed by atoms with Gasteiger partial charge in [-0.25, -0.2) is 9.13 Å². The quantitative estimate of drug-likeness (QED) is 0.0169. The van der Waals surface area contributed by atoms with Crippen LogP contribution in [-0.2, 0) is 65.4 Å². The lowest BCUT2D eigenvalue weighted by Gasteiger charge is -2.21. The van der Waals surface area contributed by atoms with E-state index in [0.29, 0.717) is 25.7 Å². The highest BCUT2D eigenvalue weighted by Gasteiger charge is 2.30. The number of phosphoric ester groups is 2. The molecule has 0 fully saturated rings. The van der Waals surface area contributed by atoms with Crippen molar-refractivity contribution in [2.24, 2.45) is 0 Å². The van der Waals surface area contributed by atoms with E-state index in [-0.39, 0.29) is 25.7 Å². The zero-order valence-electron chi connectivity index (χ0n) is 63.6. The van der Waals surface area contributed by atoms with Crippen molar-refractivity contribution in [2.75, 3.05) is 39.6 Å². The van der Waals surface area contributed by atoms with Crippen molar-refractivity contribution in [1.29, 1.82) is 0 Å². The molecule has 5 atom stereocenters. The number of hydrogen-bond donors (Lipinski definition) is 3. The second-order valence-electron chi connectivity index (χ2n) is 27.0. The van der Waals surface area contributed by atoms with Crippen molar-refractivity contribution in [3.05, 3.63) is 72.9 Å². The molecular weight excluding hydrogens is 1310 g/mol. The highest BCUT2D eigenvalue weighted by molar-refractivity contribution is 7.47. The normalized spacial score (nSPS) is 14.3. The van der Waals surface area contributed by atoms with Gasteiger partial charge in [-0.15, -0.1) is 0 Å². The summed E-state index contributed by atoms with van der Waals surface area (Å²) in [4.78, 5) is 73.0. The fraction of sp³-hybridized carbons (Fsp3) is 0.802. The number of carbonyl (C=O) groups excluding carboxylic acids is 4. The number of allylic oxidation sites excluding steroid dienone is 12. The zero-order chi connectivity index (χ0) is 73.2. The molecule has 19 heteroatoms. The molecule has 582 valence electrons. The summed E-state index contributed by atoms with van der Waals surface area (Å²) in [6.07, 6.45) is 74.4. The lowest BCUT2D eigenvalue weighted by molar-refractivity contribution is -0.161. The van der Waals surface area contributed by atoms with E-state index in [1.165, 1.54) is 103 Å². The fourth-order valence-electron chi connectivity index (χ4n) is 10.9. The molecule has 0 spiro atoms. The van der Waals surface area contributed by atoms with E-state index in [1.54, 1.807) is 0 Å². The highest BCUT2D eigenvalue weighted by atomic mass is 31.2. The molecule has 3 N–H and O–H groups in total. The average molecular weight is 1450 g/mol. The molecule has 0 radical (unpaired) electrons. The first-order chi connectivity index (χ1) is 48.7. The van der Waals surface area contributed by atoms with Gasteiger partial charge < -0.3 is 33.8 Å². The number of rotatable bonds is 76. The lowest BCUT2D eigenvalue weighted by Crippen LogP contribution is -2.30. The Morgan fingerprint density at radius 1 is 0.280 bits per heavy atom. The van der Waals surface area contributed by atoms with Gasteiger partial charge in [-0.3, -0.25) is 37.3 Å². The number of aliphatic hydroxyl groups is 1. The molecule has 0 saturated carbocycles. The minimum Gasteiger partial charge on any atom is -0.462 e. The molecular formula is C81H146O17P2. The van der Waals surface area contributed by atoms with Crippen molar-refractivity contribution in [2.45, 2.75) is 380 Å². The van der Waals surface area contributed by atoms with Gasteiger partial charge >= 0.3 is 39.5 Å². The summed E-state index contributed by atoms with van der Waals surface area (Å²) < 4.78 is 68.6. The fourth-order valence-corrected chi connectivity index (χ4v) is 12.5. The topological polar surface area (TPSA) is 237 Å². The standard InChI is InChI=1S/C81H146O17P2/c1-5-9-13-17-21-25-29-33-37-41-45-49-53-57-61-65-78(83)91-71-76(97-80(85)67-63-59-55-51-47-43-39-35-31-27-23-19-15-11-7-3)73-95-99(87,88)93-69-75(82)70-94-100(89,90)96-74-77(98-81(86)68-64-60-56-52-48-44-40-36-32-28-24-20-16-12-8-4)72-92-79(84)66-62-58-54-50-46-42-38-34-30-26-22-18-14-10-6-2/h21,23,25,27-28,32-35,37-39,75-77,82H,5-20,22,24,26,29-31,36,40-74H2,1-4H3,(H,87,88)(H,89,90)/b25-21-,27-23-,32-28-,37-33-,38-34-,39-35-/t75?,76-,77-/m1/s1. The third kappa shape index (κ3) is 72.8. The number of aliphatic hydroxyl groups excluding tert-OH is 1. The summed E-state index contributed by atoms with van der Waals surface area (Å²) in [6, 6.07) is 0. The molecule has 0 aromatic heterocycles.